The number of hydrogen-bond acceptors (Lipinski definition) is 2. The summed E-state index contributed by atoms with van der Waals surface area (Å²) >= 11 is 3.51. The topological polar surface area (TPSA) is 35.8 Å². The molecule has 0 saturated heterocycles. The Kier molecular flexibility index (Phi) is 4.59. The first kappa shape index (κ1) is 13.6. The molecule has 96 valence electrons. The summed E-state index contributed by atoms with van der Waals surface area (Å²) in [6.45, 7) is 2.66. The van der Waals surface area contributed by atoms with Crippen LogP contribution in [0.5, 0.6) is 0 Å². The van der Waals surface area contributed by atoms with Crippen molar-refractivity contribution in [2.24, 2.45) is 0 Å². The molecule has 2 rings (SSSR count). The van der Waals surface area contributed by atoms with Crippen LogP contribution < -0.4 is 5.32 Å². The second-order valence-electron chi connectivity index (χ2n) is 4.39. The zero-order valence-electron chi connectivity index (χ0n) is 10.7. The number of halogens is 1. The second-order valence-corrected chi connectivity index (χ2v) is 5.24. The average molecular weight is 315 g/mol. The maximum Gasteiger partial charge on any atom is 0.0885 e. The molecular weight excluding hydrogens is 300 g/mol. The van der Waals surface area contributed by atoms with Crippen LogP contribution in [0, 0.1) is 18.3 Å². The molecule has 2 aromatic rings. The highest BCUT2D eigenvalue weighted by Crippen LogP contribution is 2.24. The molecule has 0 heterocycles. The molecule has 0 aliphatic rings. The SMILES string of the molecule is Cc1c(Br)cccc1NCC(C#N)c1ccccc1. The Morgan fingerprint density at radius 1 is 1.16 bits per heavy atom. The van der Waals surface area contributed by atoms with E-state index in [1.807, 2.05) is 48.5 Å². The van der Waals surface area contributed by atoms with E-state index in [9.17, 15) is 5.26 Å². The van der Waals surface area contributed by atoms with Crippen LogP contribution in [0.3, 0.4) is 0 Å². The zero-order valence-corrected chi connectivity index (χ0v) is 12.3. The van der Waals surface area contributed by atoms with Gasteiger partial charge in [-0.2, -0.15) is 5.26 Å². The minimum absolute atomic E-state index is 0.139. The fraction of sp³-hybridized carbons (Fsp3) is 0.188. The van der Waals surface area contributed by atoms with E-state index in [1.54, 1.807) is 0 Å². The molecule has 0 amide bonds. The van der Waals surface area contributed by atoms with Gasteiger partial charge in [0, 0.05) is 16.7 Å². The molecule has 0 fully saturated rings. The Bertz CT molecular complexity index is 587. The van der Waals surface area contributed by atoms with Crippen molar-refractivity contribution in [2.75, 3.05) is 11.9 Å². The summed E-state index contributed by atoms with van der Waals surface area (Å²) in [6.07, 6.45) is 0. The molecule has 1 unspecified atom stereocenters. The van der Waals surface area contributed by atoms with Gasteiger partial charge in [0.25, 0.3) is 0 Å². The number of benzene rings is 2. The molecule has 0 aliphatic carbocycles. The molecule has 0 saturated carbocycles. The number of nitrogens with one attached hydrogen (secondary N) is 1. The lowest BCUT2D eigenvalue weighted by Crippen LogP contribution is -2.11. The lowest BCUT2D eigenvalue weighted by atomic mass is 10.0. The van der Waals surface area contributed by atoms with Gasteiger partial charge in [-0.25, -0.2) is 0 Å². The molecular formula is C16H15BrN2. The minimum atomic E-state index is -0.139. The number of rotatable bonds is 4. The van der Waals surface area contributed by atoms with Crippen molar-refractivity contribution in [2.45, 2.75) is 12.8 Å². The van der Waals surface area contributed by atoms with Gasteiger partial charge in [0.05, 0.1) is 12.0 Å². The maximum absolute atomic E-state index is 9.28. The molecule has 0 aromatic heterocycles. The van der Waals surface area contributed by atoms with Crippen molar-refractivity contribution in [3.8, 4) is 6.07 Å². The summed E-state index contributed by atoms with van der Waals surface area (Å²) in [7, 11) is 0. The van der Waals surface area contributed by atoms with Crippen LogP contribution in [0.15, 0.2) is 53.0 Å². The first-order valence-electron chi connectivity index (χ1n) is 6.16. The standard InChI is InChI=1S/C16H15BrN2/c1-12-15(17)8-5-9-16(12)19-11-14(10-18)13-6-3-2-4-7-13/h2-9,14,19H,11H2,1H3. The quantitative estimate of drug-likeness (QED) is 0.903. The first-order valence-corrected chi connectivity index (χ1v) is 6.95. The number of hydrogen-bond donors (Lipinski definition) is 1. The molecule has 0 radical (unpaired) electrons. The molecule has 0 aliphatic heterocycles. The highest BCUT2D eigenvalue weighted by Gasteiger charge is 2.10. The fourth-order valence-electron chi connectivity index (χ4n) is 1.93. The first-order chi connectivity index (χ1) is 9.22. The largest absolute Gasteiger partial charge is 0.383 e. The van der Waals surface area contributed by atoms with Crippen LogP contribution >= 0.6 is 15.9 Å². The normalized spacial score (nSPS) is 11.6. The Morgan fingerprint density at radius 2 is 1.89 bits per heavy atom. The van der Waals surface area contributed by atoms with E-state index in [4.69, 9.17) is 0 Å². The minimum Gasteiger partial charge on any atom is -0.383 e. The van der Waals surface area contributed by atoms with Crippen LogP contribution in [-0.4, -0.2) is 6.54 Å². The second kappa shape index (κ2) is 6.40. The number of anilines is 1. The van der Waals surface area contributed by atoms with E-state index in [2.05, 4.69) is 34.2 Å². The maximum atomic E-state index is 9.28. The van der Waals surface area contributed by atoms with Crippen molar-refractivity contribution >= 4 is 21.6 Å². The van der Waals surface area contributed by atoms with Gasteiger partial charge in [0.15, 0.2) is 0 Å². The highest BCUT2D eigenvalue weighted by molar-refractivity contribution is 9.10. The highest BCUT2D eigenvalue weighted by atomic mass is 79.9. The van der Waals surface area contributed by atoms with Gasteiger partial charge in [0.1, 0.15) is 0 Å². The van der Waals surface area contributed by atoms with E-state index < -0.39 is 0 Å². The summed E-state index contributed by atoms with van der Waals surface area (Å²) in [5.41, 5.74) is 3.27. The number of nitrogens with zero attached hydrogens (tertiary/aromatic N) is 1. The Hall–Kier alpha value is -1.79. The van der Waals surface area contributed by atoms with Gasteiger partial charge in [-0.15, -0.1) is 0 Å². The smallest absolute Gasteiger partial charge is 0.0885 e. The lowest BCUT2D eigenvalue weighted by molar-refractivity contribution is 0.899. The van der Waals surface area contributed by atoms with Crippen molar-refractivity contribution in [1.29, 1.82) is 5.26 Å². The van der Waals surface area contributed by atoms with E-state index in [-0.39, 0.29) is 5.92 Å². The van der Waals surface area contributed by atoms with Gasteiger partial charge < -0.3 is 5.32 Å². The van der Waals surface area contributed by atoms with Crippen LogP contribution in [0.1, 0.15) is 17.0 Å². The molecule has 1 N–H and O–H groups in total. The summed E-state index contributed by atoms with van der Waals surface area (Å²) in [5.74, 6) is -0.139. The van der Waals surface area contributed by atoms with E-state index in [1.165, 1.54) is 0 Å². The third-order valence-corrected chi connectivity index (χ3v) is 3.98. The molecule has 0 bridgehead atoms. The molecule has 2 nitrogen and oxygen atoms in total. The number of nitriles is 1. The predicted octanol–water partition coefficient (Wildman–Crippen LogP) is 4.48. The van der Waals surface area contributed by atoms with Crippen LogP contribution in [0.4, 0.5) is 5.69 Å². The monoisotopic (exact) mass is 314 g/mol. The van der Waals surface area contributed by atoms with Gasteiger partial charge >= 0.3 is 0 Å². The van der Waals surface area contributed by atoms with Gasteiger partial charge in [-0.05, 0) is 30.2 Å². The van der Waals surface area contributed by atoms with Crippen LogP contribution in [0.2, 0.25) is 0 Å². The molecule has 3 heteroatoms. The lowest BCUT2D eigenvalue weighted by Gasteiger charge is -2.14. The Balaban J connectivity index is 2.09. The van der Waals surface area contributed by atoms with Crippen molar-refractivity contribution < 1.29 is 0 Å². The predicted molar refractivity (Wildman–Crippen MR) is 82.2 cm³/mol. The third-order valence-electron chi connectivity index (χ3n) is 3.12. The van der Waals surface area contributed by atoms with Gasteiger partial charge in [-0.3, -0.25) is 0 Å². The summed E-state index contributed by atoms with van der Waals surface area (Å²) in [4.78, 5) is 0. The summed E-state index contributed by atoms with van der Waals surface area (Å²) in [5, 5.41) is 12.6. The van der Waals surface area contributed by atoms with E-state index in [0.717, 1.165) is 21.3 Å². The van der Waals surface area contributed by atoms with Crippen molar-refractivity contribution in [1.82, 2.24) is 0 Å². The van der Waals surface area contributed by atoms with Gasteiger partial charge in [0.2, 0.25) is 0 Å². The Morgan fingerprint density at radius 3 is 2.58 bits per heavy atom. The third kappa shape index (κ3) is 3.36. The van der Waals surface area contributed by atoms with Crippen LogP contribution in [-0.2, 0) is 0 Å². The average Bonchev–Trinajstić information content (AvgIpc) is 2.45. The van der Waals surface area contributed by atoms with Crippen molar-refractivity contribution in [3.05, 3.63) is 64.1 Å². The Labute approximate surface area is 122 Å². The summed E-state index contributed by atoms with van der Waals surface area (Å²) < 4.78 is 1.07. The van der Waals surface area contributed by atoms with E-state index in [0.29, 0.717) is 6.54 Å². The molecule has 19 heavy (non-hydrogen) atoms. The molecule has 2 aromatic carbocycles. The molecule has 1 atom stereocenters. The zero-order chi connectivity index (χ0) is 13.7. The molecule has 0 spiro atoms. The van der Waals surface area contributed by atoms with E-state index >= 15 is 0 Å². The van der Waals surface area contributed by atoms with Crippen molar-refractivity contribution in [3.63, 3.8) is 0 Å². The van der Waals surface area contributed by atoms with Gasteiger partial charge in [-0.1, -0.05) is 52.3 Å². The summed E-state index contributed by atoms with van der Waals surface area (Å²) in [6, 6.07) is 18.2. The fourth-order valence-corrected chi connectivity index (χ4v) is 2.30. The van der Waals surface area contributed by atoms with Crippen LogP contribution in [0.25, 0.3) is 0 Å².